The van der Waals surface area contributed by atoms with E-state index in [4.69, 9.17) is 5.73 Å². The lowest BCUT2D eigenvalue weighted by Gasteiger charge is -2.26. The first-order chi connectivity index (χ1) is 32.3. The number of aromatic nitrogens is 1. The lowest BCUT2D eigenvalue weighted by atomic mass is 10.0. The fraction of sp³-hybridized carbons (Fsp3) is 0.522. The fourth-order valence-corrected chi connectivity index (χ4v) is 9.50. The number of rotatable bonds is 7. The molecule has 0 bridgehead atoms. The van der Waals surface area contributed by atoms with Crippen LogP contribution >= 0.6 is 21.6 Å². The summed E-state index contributed by atoms with van der Waals surface area (Å²) in [5, 5.41) is 49.7. The monoisotopic (exact) mass is 983 g/mol. The number of carbonyl (C=O) groups is 8. The van der Waals surface area contributed by atoms with Gasteiger partial charge in [0.2, 0.25) is 41.4 Å². The van der Waals surface area contributed by atoms with Crippen LogP contribution in [-0.2, 0) is 51.2 Å². The first-order valence-corrected chi connectivity index (χ1v) is 25.2. The second kappa shape index (κ2) is 27.2. The highest BCUT2D eigenvalue weighted by molar-refractivity contribution is 8.76. The van der Waals surface area contributed by atoms with Crippen LogP contribution in [0.15, 0.2) is 54.7 Å². The van der Waals surface area contributed by atoms with Crippen molar-refractivity contribution in [1.29, 1.82) is 0 Å². The molecule has 1 aliphatic rings. The number of carboxylic acids is 1. The van der Waals surface area contributed by atoms with Crippen molar-refractivity contribution in [1.82, 2.24) is 42.2 Å². The SMILES string of the molecule is CC(C)[C@@H]1NC(=O)[C@@H](N)CSSC[C@@H](C(=O)O)NC(=O)[C@H]([C@@H](C)O)NC(=O)[C@H](Cc2c[nH]c3ccccc23)NC(=O)CCCCCCCNC(=O)[C@H](Cc2ccc(O)cc2)NC(=O)[C@H](C)NC1=O. The number of benzene rings is 2. The zero-order chi connectivity index (χ0) is 49.9. The molecule has 3 aromatic rings. The highest BCUT2D eigenvalue weighted by Gasteiger charge is 2.34. The summed E-state index contributed by atoms with van der Waals surface area (Å²) in [5.41, 5.74) is 8.33. The third-order valence-electron chi connectivity index (χ3n) is 11.2. The fourth-order valence-electron chi connectivity index (χ4n) is 7.22. The number of para-hydroxylation sites is 1. The summed E-state index contributed by atoms with van der Waals surface area (Å²) in [6.07, 6.45) is 3.58. The number of aliphatic hydroxyl groups is 1. The highest BCUT2D eigenvalue weighted by atomic mass is 33.1. The van der Waals surface area contributed by atoms with Gasteiger partial charge in [0.1, 0.15) is 42.0 Å². The summed E-state index contributed by atoms with van der Waals surface area (Å²) in [6, 6.07) is 4.83. The molecule has 8 atom stereocenters. The van der Waals surface area contributed by atoms with Crippen LogP contribution in [0.2, 0.25) is 0 Å². The maximum Gasteiger partial charge on any atom is 0.327 e. The topological polar surface area (TPSA) is 323 Å². The minimum Gasteiger partial charge on any atom is -0.508 e. The van der Waals surface area contributed by atoms with Gasteiger partial charge in [-0.05, 0) is 61.9 Å². The van der Waals surface area contributed by atoms with Crippen LogP contribution in [0.4, 0.5) is 0 Å². The molecule has 68 heavy (non-hydrogen) atoms. The van der Waals surface area contributed by atoms with E-state index in [0.717, 1.165) is 38.9 Å². The van der Waals surface area contributed by atoms with Gasteiger partial charge in [0.15, 0.2) is 0 Å². The van der Waals surface area contributed by atoms with E-state index in [-0.39, 0.29) is 43.1 Å². The second-order valence-corrected chi connectivity index (χ2v) is 19.7. The van der Waals surface area contributed by atoms with Crippen LogP contribution < -0.4 is 43.0 Å². The number of carbonyl (C=O) groups excluding carboxylic acids is 7. The van der Waals surface area contributed by atoms with Gasteiger partial charge in [0.25, 0.3) is 0 Å². The molecule has 1 saturated heterocycles. The van der Waals surface area contributed by atoms with Crippen LogP contribution in [0.1, 0.15) is 77.3 Å². The maximum atomic E-state index is 13.9. The molecule has 0 saturated carbocycles. The maximum absolute atomic E-state index is 13.9. The van der Waals surface area contributed by atoms with E-state index in [2.05, 4.69) is 42.2 Å². The number of fused-ring (bicyclic) bond motifs is 1. The summed E-state index contributed by atoms with van der Waals surface area (Å²) in [6.45, 7) is 6.36. The molecule has 22 heteroatoms. The number of phenolic OH excluding ortho intramolecular Hbond substituents is 1. The number of hydrogen-bond acceptors (Lipinski definition) is 13. The molecule has 0 unspecified atom stereocenters. The minimum atomic E-state index is -1.60. The number of aromatic amines is 1. The Bertz CT molecular complexity index is 2210. The van der Waals surface area contributed by atoms with Crippen molar-refractivity contribution in [2.75, 3.05) is 18.1 Å². The van der Waals surface area contributed by atoms with E-state index < -0.39 is 102 Å². The molecule has 372 valence electrons. The van der Waals surface area contributed by atoms with Crippen molar-refractivity contribution in [3.63, 3.8) is 0 Å². The quantitative estimate of drug-likeness (QED) is 0.146. The van der Waals surface area contributed by atoms with Crippen molar-refractivity contribution < 1.29 is 53.7 Å². The first kappa shape index (κ1) is 54.8. The molecule has 4 rings (SSSR count). The molecule has 2 heterocycles. The van der Waals surface area contributed by atoms with Crippen molar-refractivity contribution >= 4 is 79.8 Å². The Kier molecular flexibility index (Phi) is 21.9. The molecule has 0 aliphatic carbocycles. The van der Waals surface area contributed by atoms with E-state index in [0.29, 0.717) is 36.8 Å². The molecule has 0 spiro atoms. The molecule has 1 aromatic heterocycles. The molecule has 13 N–H and O–H groups in total. The van der Waals surface area contributed by atoms with Gasteiger partial charge in [0, 0.05) is 54.4 Å². The van der Waals surface area contributed by atoms with Crippen LogP contribution in [0.3, 0.4) is 0 Å². The number of amides is 7. The number of hydrogen-bond donors (Lipinski definition) is 12. The average molecular weight is 984 g/mol. The molecule has 7 amide bonds. The van der Waals surface area contributed by atoms with Crippen molar-refractivity contribution in [2.24, 2.45) is 11.7 Å². The lowest BCUT2D eigenvalue weighted by molar-refractivity contribution is -0.142. The molecule has 0 radical (unpaired) electrons. The average Bonchev–Trinajstić information content (AvgIpc) is 3.70. The molecule has 1 fully saturated rings. The van der Waals surface area contributed by atoms with Gasteiger partial charge in [0.05, 0.1) is 12.1 Å². The largest absolute Gasteiger partial charge is 0.508 e. The summed E-state index contributed by atoms with van der Waals surface area (Å²) in [7, 11) is 2.03. The Morgan fingerprint density at radius 1 is 0.706 bits per heavy atom. The Morgan fingerprint density at radius 3 is 2.03 bits per heavy atom. The zero-order valence-corrected chi connectivity index (χ0v) is 40.3. The second-order valence-electron chi connectivity index (χ2n) is 17.2. The number of H-pyrrole nitrogens is 1. The number of nitrogens with one attached hydrogen (secondary N) is 8. The summed E-state index contributed by atoms with van der Waals surface area (Å²) >= 11 is 0. The molecular formula is C46H65N9O11S2. The van der Waals surface area contributed by atoms with Crippen LogP contribution in [0.25, 0.3) is 10.9 Å². The molecule has 1 aliphatic heterocycles. The smallest absolute Gasteiger partial charge is 0.327 e. The molecule has 20 nitrogen and oxygen atoms in total. The van der Waals surface area contributed by atoms with Gasteiger partial charge in [-0.25, -0.2) is 4.79 Å². The van der Waals surface area contributed by atoms with Gasteiger partial charge in [-0.15, -0.1) is 0 Å². The summed E-state index contributed by atoms with van der Waals surface area (Å²) in [4.78, 5) is 110. The Hall–Kier alpha value is -5.84. The van der Waals surface area contributed by atoms with Gasteiger partial charge in [-0.3, -0.25) is 33.6 Å². The highest BCUT2D eigenvalue weighted by Crippen LogP contribution is 2.23. The zero-order valence-electron chi connectivity index (χ0n) is 38.7. The van der Waals surface area contributed by atoms with Crippen LogP contribution in [0, 0.1) is 5.92 Å². The van der Waals surface area contributed by atoms with Gasteiger partial charge >= 0.3 is 5.97 Å². The normalized spacial score (nSPS) is 25.2. The summed E-state index contributed by atoms with van der Waals surface area (Å²) < 4.78 is 0. The van der Waals surface area contributed by atoms with Crippen molar-refractivity contribution in [3.8, 4) is 5.75 Å². The third-order valence-corrected chi connectivity index (χ3v) is 13.7. The lowest BCUT2D eigenvalue weighted by Crippen LogP contribution is -2.59. The predicted octanol–water partition coefficient (Wildman–Crippen LogP) is 0.888. The van der Waals surface area contributed by atoms with E-state index in [1.165, 1.54) is 26.0 Å². The van der Waals surface area contributed by atoms with Crippen molar-refractivity contribution in [3.05, 3.63) is 65.9 Å². The predicted molar refractivity (Wildman–Crippen MR) is 259 cm³/mol. The Balaban J connectivity index is 1.52. The minimum absolute atomic E-state index is 0.0249. The number of nitrogens with two attached hydrogens (primary N) is 1. The van der Waals surface area contributed by atoms with Crippen LogP contribution in [0.5, 0.6) is 5.75 Å². The number of aliphatic hydroxyl groups excluding tert-OH is 1. The molecule has 2 aromatic carbocycles. The van der Waals surface area contributed by atoms with E-state index in [1.54, 1.807) is 32.2 Å². The van der Waals surface area contributed by atoms with E-state index in [1.807, 2.05) is 24.3 Å². The summed E-state index contributed by atoms with van der Waals surface area (Å²) in [5.74, 6) is -6.75. The number of aliphatic carboxylic acids is 1. The standard InChI is InChI=1S/C46H65N9O11S2/c1-25(2)38-44(63)50-26(3)40(59)52-34(20-28-15-17-30(57)18-16-28)42(61)48-19-11-7-5-6-8-14-37(58)51-35(21-29-22-49-33-13-10-9-12-31(29)33)43(62)55-39(27(4)56)45(64)53-36(46(65)66)24-68-67-23-32(47)41(60)54-38/h9-10,12-13,15-18,22,25-27,32,34-36,38-39,49,56-57H,5-8,11,14,19-21,23-24,47H2,1-4H3,(H,48,61)(H,50,63)(H,51,58)(H,52,59)(H,53,64)(H,54,60)(H,55,62)(H,65,66)/t26-,27+,32-,34-,35-,36-,38-,39-/m0/s1. The van der Waals surface area contributed by atoms with E-state index in [9.17, 15) is 53.7 Å². The van der Waals surface area contributed by atoms with Gasteiger partial charge in [-0.2, -0.15) is 0 Å². The third kappa shape index (κ3) is 17.4. The number of phenols is 1. The molecular weight excluding hydrogens is 919 g/mol. The van der Waals surface area contributed by atoms with Gasteiger partial charge < -0.3 is 63.3 Å². The number of carboxylic acid groups (broad SMARTS) is 1. The number of aromatic hydroxyl groups is 1. The van der Waals surface area contributed by atoms with Crippen molar-refractivity contribution in [2.45, 2.75) is 127 Å². The first-order valence-electron chi connectivity index (χ1n) is 22.7. The Morgan fingerprint density at radius 2 is 1.34 bits per heavy atom. The Labute approximate surface area is 403 Å². The van der Waals surface area contributed by atoms with Gasteiger partial charge in [-0.1, -0.05) is 85.0 Å². The van der Waals surface area contributed by atoms with E-state index >= 15 is 0 Å². The van der Waals surface area contributed by atoms with Crippen LogP contribution in [-0.4, -0.2) is 134 Å².